The molecule has 2 unspecified atom stereocenters. The van der Waals surface area contributed by atoms with Crippen LogP contribution in [0.2, 0.25) is 5.02 Å². The summed E-state index contributed by atoms with van der Waals surface area (Å²) in [6.07, 6.45) is 0. The number of carbonyl (C=O) groups excluding carboxylic acids is 1. The maximum Gasteiger partial charge on any atom is 0.169 e. The van der Waals surface area contributed by atoms with Gasteiger partial charge in [-0.05, 0) is 25.6 Å². The predicted molar refractivity (Wildman–Crippen MR) is 67.7 cm³/mol. The highest BCUT2D eigenvalue weighted by Gasteiger charge is 2.33. The molecular formula is C13H16ClNO2. The molecular weight excluding hydrogens is 238 g/mol. The third-order valence-corrected chi connectivity index (χ3v) is 3.65. The van der Waals surface area contributed by atoms with Gasteiger partial charge in [0.15, 0.2) is 5.78 Å². The van der Waals surface area contributed by atoms with Gasteiger partial charge in [-0.15, -0.1) is 0 Å². The average molecular weight is 254 g/mol. The van der Waals surface area contributed by atoms with Crippen molar-refractivity contribution in [3.8, 4) is 0 Å². The largest absolute Gasteiger partial charge is 0.379 e. The van der Waals surface area contributed by atoms with Gasteiger partial charge in [-0.3, -0.25) is 4.79 Å². The van der Waals surface area contributed by atoms with Gasteiger partial charge in [0.05, 0.1) is 19.1 Å². The normalized spacial score (nSPS) is 23.9. The summed E-state index contributed by atoms with van der Waals surface area (Å²) in [6.45, 7) is 2.99. The number of ketones is 1. The topological polar surface area (TPSA) is 38.3 Å². The number of carbonyl (C=O) groups is 1. The van der Waals surface area contributed by atoms with Crippen molar-refractivity contribution in [3.05, 3.63) is 34.3 Å². The van der Waals surface area contributed by atoms with E-state index >= 15 is 0 Å². The summed E-state index contributed by atoms with van der Waals surface area (Å²) in [5, 5.41) is 3.75. The lowest BCUT2D eigenvalue weighted by atomic mass is 9.93. The van der Waals surface area contributed by atoms with Gasteiger partial charge in [0, 0.05) is 16.6 Å². The van der Waals surface area contributed by atoms with Crippen LogP contribution in [0, 0.1) is 12.8 Å². The van der Waals surface area contributed by atoms with Crippen LogP contribution in [0.3, 0.4) is 0 Å². The third-order valence-electron chi connectivity index (χ3n) is 3.24. The number of rotatable bonds is 3. The van der Waals surface area contributed by atoms with E-state index in [1.54, 1.807) is 6.07 Å². The van der Waals surface area contributed by atoms with E-state index < -0.39 is 0 Å². The minimum absolute atomic E-state index is 0.0996. The Morgan fingerprint density at radius 1 is 1.47 bits per heavy atom. The molecule has 0 saturated carbocycles. The standard InChI is InChI=1S/C13H16ClNO2/c1-8-3-4-9(5-11(8)14)13(16)10-6-17-7-12(10)15-2/h3-5,10,12,15H,6-7H2,1-2H3. The van der Waals surface area contributed by atoms with Crippen molar-refractivity contribution in [2.24, 2.45) is 5.92 Å². The van der Waals surface area contributed by atoms with Gasteiger partial charge < -0.3 is 10.1 Å². The van der Waals surface area contributed by atoms with Gasteiger partial charge in [-0.2, -0.15) is 0 Å². The van der Waals surface area contributed by atoms with Crippen molar-refractivity contribution >= 4 is 17.4 Å². The summed E-state index contributed by atoms with van der Waals surface area (Å²) in [5.41, 5.74) is 1.65. The van der Waals surface area contributed by atoms with E-state index in [0.717, 1.165) is 5.56 Å². The second-order valence-corrected chi connectivity index (χ2v) is 4.77. The summed E-state index contributed by atoms with van der Waals surface area (Å²) in [7, 11) is 1.85. The van der Waals surface area contributed by atoms with Crippen LogP contribution < -0.4 is 5.32 Å². The second-order valence-electron chi connectivity index (χ2n) is 4.37. The number of nitrogens with one attached hydrogen (secondary N) is 1. The van der Waals surface area contributed by atoms with Crippen molar-refractivity contribution in [2.75, 3.05) is 20.3 Å². The minimum atomic E-state index is -0.112. The molecule has 0 radical (unpaired) electrons. The molecule has 4 heteroatoms. The highest BCUT2D eigenvalue weighted by Crippen LogP contribution is 2.22. The fraction of sp³-hybridized carbons (Fsp3) is 0.462. The van der Waals surface area contributed by atoms with Gasteiger partial charge in [0.2, 0.25) is 0 Å². The van der Waals surface area contributed by atoms with E-state index in [-0.39, 0.29) is 17.7 Å². The zero-order valence-corrected chi connectivity index (χ0v) is 10.8. The van der Waals surface area contributed by atoms with Crippen LogP contribution in [0.15, 0.2) is 18.2 Å². The van der Waals surface area contributed by atoms with Crippen LogP contribution in [0.4, 0.5) is 0 Å². The Morgan fingerprint density at radius 3 is 2.88 bits per heavy atom. The number of hydrogen-bond acceptors (Lipinski definition) is 3. The molecule has 2 atom stereocenters. The lowest BCUT2D eigenvalue weighted by Gasteiger charge is -2.15. The van der Waals surface area contributed by atoms with Crippen LogP contribution >= 0.6 is 11.6 Å². The summed E-state index contributed by atoms with van der Waals surface area (Å²) < 4.78 is 5.34. The molecule has 1 saturated heterocycles. The first-order chi connectivity index (χ1) is 8.13. The van der Waals surface area contributed by atoms with E-state index in [1.807, 2.05) is 26.1 Å². The number of hydrogen-bond donors (Lipinski definition) is 1. The summed E-state index contributed by atoms with van der Waals surface area (Å²) in [4.78, 5) is 12.3. The summed E-state index contributed by atoms with van der Waals surface area (Å²) >= 11 is 6.04. The molecule has 17 heavy (non-hydrogen) atoms. The smallest absolute Gasteiger partial charge is 0.169 e. The van der Waals surface area contributed by atoms with Crippen LogP contribution in [-0.4, -0.2) is 32.1 Å². The van der Waals surface area contributed by atoms with Crippen molar-refractivity contribution < 1.29 is 9.53 Å². The Kier molecular flexibility index (Phi) is 3.82. The highest BCUT2D eigenvalue weighted by molar-refractivity contribution is 6.31. The molecule has 92 valence electrons. The van der Waals surface area contributed by atoms with E-state index in [4.69, 9.17) is 16.3 Å². The zero-order valence-electron chi connectivity index (χ0n) is 10.00. The van der Waals surface area contributed by atoms with Gasteiger partial charge in [0.25, 0.3) is 0 Å². The molecule has 0 aliphatic carbocycles. The molecule has 1 N–H and O–H groups in total. The fourth-order valence-corrected chi connectivity index (χ4v) is 2.24. The number of aryl methyl sites for hydroxylation is 1. The molecule has 0 spiro atoms. The number of likely N-dealkylation sites (N-methyl/N-ethyl adjacent to an activating group) is 1. The van der Waals surface area contributed by atoms with Crippen molar-refractivity contribution in [1.29, 1.82) is 0 Å². The number of halogens is 1. The molecule has 1 aromatic rings. The lowest BCUT2D eigenvalue weighted by molar-refractivity contribution is 0.0892. The van der Waals surface area contributed by atoms with E-state index in [1.165, 1.54) is 0 Å². The van der Waals surface area contributed by atoms with Crippen molar-refractivity contribution in [3.63, 3.8) is 0 Å². The molecule has 1 aliphatic rings. The predicted octanol–water partition coefficient (Wildman–Crippen LogP) is 2.07. The lowest BCUT2D eigenvalue weighted by Crippen LogP contribution is -2.37. The van der Waals surface area contributed by atoms with E-state index in [2.05, 4.69) is 5.32 Å². The van der Waals surface area contributed by atoms with Crippen LogP contribution in [0.5, 0.6) is 0 Å². The molecule has 1 fully saturated rings. The summed E-state index contributed by atoms with van der Waals surface area (Å²) in [5.74, 6) is -0.0116. The van der Waals surface area contributed by atoms with Gasteiger partial charge in [-0.25, -0.2) is 0 Å². The monoisotopic (exact) mass is 253 g/mol. The van der Waals surface area contributed by atoms with Crippen molar-refractivity contribution in [1.82, 2.24) is 5.32 Å². The Hall–Kier alpha value is -0.900. The number of ether oxygens (including phenoxy) is 1. The minimum Gasteiger partial charge on any atom is -0.379 e. The summed E-state index contributed by atoms with van der Waals surface area (Å²) in [6, 6.07) is 5.54. The molecule has 1 aliphatic heterocycles. The molecule has 0 aromatic heterocycles. The maximum absolute atomic E-state index is 12.3. The Labute approximate surface area is 106 Å². The van der Waals surface area contributed by atoms with Gasteiger partial charge >= 0.3 is 0 Å². The van der Waals surface area contributed by atoms with Gasteiger partial charge in [-0.1, -0.05) is 23.7 Å². The quantitative estimate of drug-likeness (QED) is 0.838. The van der Waals surface area contributed by atoms with Crippen LogP contribution in [-0.2, 0) is 4.74 Å². The average Bonchev–Trinajstić information content (AvgIpc) is 2.80. The zero-order chi connectivity index (χ0) is 12.4. The number of Topliss-reactive ketones (excluding diaryl/α,β-unsaturated/α-hetero) is 1. The molecule has 1 aromatic carbocycles. The first-order valence-electron chi connectivity index (χ1n) is 5.69. The Bertz CT molecular complexity index is 433. The second kappa shape index (κ2) is 5.17. The van der Waals surface area contributed by atoms with Crippen LogP contribution in [0.1, 0.15) is 15.9 Å². The molecule has 0 bridgehead atoms. The Morgan fingerprint density at radius 2 is 2.24 bits per heavy atom. The molecule has 0 amide bonds. The Balaban J connectivity index is 2.21. The number of benzene rings is 1. The third kappa shape index (κ3) is 2.51. The highest BCUT2D eigenvalue weighted by atomic mass is 35.5. The van der Waals surface area contributed by atoms with Crippen molar-refractivity contribution in [2.45, 2.75) is 13.0 Å². The first-order valence-corrected chi connectivity index (χ1v) is 6.06. The van der Waals surface area contributed by atoms with E-state index in [0.29, 0.717) is 23.8 Å². The SMILES string of the molecule is CNC1COCC1C(=O)c1ccc(C)c(Cl)c1. The molecule has 3 nitrogen and oxygen atoms in total. The molecule has 2 rings (SSSR count). The van der Waals surface area contributed by atoms with Gasteiger partial charge in [0.1, 0.15) is 0 Å². The van der Waals surface area contributed by atoms with E-state index in [9.17, 15) is 4.79 Å². The first kappa shape index (κ1) is 12.6. The fourth-order valence-electron chi connectivity index (χ4n) is 2.06. The maximum atomic E-state index is 12.3. The van der Waals surface area contributed by atoms with Crippen LogP contribution in [0.25, 0.3) is 0 Å². The molecule has 1 heterocycles.